The number of nitrogens with zero attached hydrogens (tertiary/aromatic N) is 2. The Morgan fingerprint density at radius 3 is 2.85 bits per heavy atom. The number of hydrogen-bond donors (Lipinski definition) is 1. The monoisotopic (exact) mass is 380 g/mol. The summed E-state index contributed by atoms with van der Waals surface area (Å²) in [6.07, 6.45) is 1.66. The summed E-state index contributed by atoms with van der Waals surface area (Å²) in [7, 11) is 0. The molecule has 1 aliphatic rings. The molecule has 2 unspecified atom stereocenters. The summed E-state index contributed by atoms with van der Waals surface area (Å²) in [6, 6.07) is 14.7. The number of fused-ring (bicyclic) bond motifs is 1. The van der Waals surface area contributed by atoms with Gasteiger partial charge in [0.15, 0.2) is 0 Å². The van der Waals surface area contributed by atoms with Gasteiger partial charge in [-0.25, -0.2) is 4.98 Å². The molecule has 1 saturated heterocycles. The van der Waals surface area contributed by atoms with Gasteiger partial charge in [0.25, 0.3) is 0 Å². The van der Waals surface area contributed by atoms with Crippen LogP contribution in [0.5, 0.6) is 0 Å². The van der Waals surface area contributed by atoms with E-state index < -0.39 is 5.97 Å². The van der Waals surface area contributed by atoms with Crippen molar-refractivity contribution in [2.45, 2.75) is 32.7 Å². The van der Waals surface area contributed by atoms with E-state index in [1.165, 1.54) is 21.4 Å². The number of aryl methyl sites for hydroxylation is 2. The highest BCUT2D eigenvalue weighted by Crippen LogP contribution is 2.38. The zero-order valence-electron chi connectivity index (χ0n) is 15.7. The van der Waals surface area contributed by atoms with E-state index in [4.69, 9.17) is 4.98 Å². The van der Waals surface area contributed by atoms with Crippen molar-refractivity contribution in [3.05, 3.63) is 64.2 Å². The molecule has 1 aliphatic heterocycles. The second-order valence-electron chi connectivity index (χ2n) is 7.45. The lowest BCUT2D eigenvalue weighted by atomic mass is 9.92. The molecular formula is C22H24N2O2S. The highest BCUT2D eigenvalue weighted by molar-refractivity contribution is 7.18. The molecule has 2 heterocycles. The molecule has 4 rings (SSSR count). The van der Waals surface area contributed by atoms with Crippen LogP contribution in [0.4, 0.5) is 0 Å². The van der Waals surface area contributed by atoms with Crippen LogP contribution in [0.2, 0.25) is 0 Å². The molecule has 2 atom stereocenters. The maximum atomic E-state index is 11.6. The predicted molar refractivity (Wildman–Crippen MR) is 109 cm³/mol. The van der Waals surface area contributed by atoms with Gasteiger partial charge in [0.05, 0.1) is 22.2 Å². The van der Waals surface area contributed by atoms with Crippen LogP contribution >= 0.6 is 11.3 Å². The zero-order chi connectivity index (χ0) is 19.0. The van der Waals surface area contributed by atoms with Crippen molar-refractivity contribution in [1.82, 2.24) is 9.88 Å². The van der Waals surface area contributed by atoms with Gasteiger partial charge in [-0.1, -0.05) is 35.9 Å². The maximum absolute atomic E-state index is 11.6. The van der Waals surface area contributed by atoms with Crippen LogP contribution in [-0.2, 0) is 4.79 Å². The lowest BCUT2D eigenvalue weighted by Crippen LogP contribution is -2.41. The zero-order valence-corrected chi connectivity index (χ0v) is 16.5. The fourth-order valence-corrected chi connectivity index (χ4v) is 5.11. The summed E-state index contributed by atoms with van der Waals surface area (Å²) in [6.45, 7) is 5.71. The topological polar surface area (TPSA) is 53.4 Å². The summed E-state index contributed by atoms with van der Waals surface area (Å²) in [4.78, 5) is 18.9. The number of para-hydroxylation sites is 1. The van der Waals surface area contributed by atoms with Crippen molar-refractivity contribution >= 4 is 27.5 Å². The smallest absolute Gasteiger partial charge is 0.307 e. The summed E-state index contributed by atoms with van der Waals surface area (Å²) >= 11 is 1.72. The Morgan fingerprint density at radius 2 is 2.07 bits per heavy atom. The van der Waals surface area contributed by atoms with Crippen molar-refractivity contribution in [3.8, 4) is 0 Å². The van der Waals surface area contributed by atoms with Crippen LogP contribution in [0.1, 0.15) is 40.6 Å². The molecule has 0 bridgehead atoms. The molecule has 5 heteroatoms. The van der Waals surface area contributed by atoms with Crippen LogP contribution in [0, 0.1) is 19.8 Å². The Bertz CT molecular complexity index is 948. The Labute approximate surface area is 163 Å². The molecular weight excluding hydrogens is 356 g/mol. The van der Waals surface area contributed by atoms with Crippen LogP contribution in [0.15, 0.2) is 42.5 Å². The van der Waals surface area contributed by atoms with Crippen molar-refractivity contribution in [3.63, 3.8) is 0 Å². The van der Waals surface area contributed by atoms with Gasteiger partial charge in [0, 0.05) is 6.54 Å². The van der Waals surface area contributed by atoms with E-state index >= 15 is 0 Å². The summed E-state index contributed by atoms with van der Waals surface area (Å²) in [5.41, 5.74) is 4.69. The van der Waals surface area contributed by atoms with E-state index in [2.05, 4.69) is 43.0 Å². The number of aromatic nitrogens is 1. The molecule has 3 aromatic rings. The van der Waals surface area contributed by atoms with E-state index in [-0.39, 0.29) is 12.0 Å². The molecule has 0 amide bonds. The Morgan fingerprint density at radius 1 is 1.26 bits per heavy atom. The number of hydrogen-bond acceptors (Lipinski definition) is 4. The minimum absolute atomic E-state index is 0.00412. The third-order valence-corrected chi connectivity index (χ3v) is 6.53. The molecule has 0 saturated carbocycles. The van der Waals surface area contributed by atoms with E-state index in [1.54, 1.807) is 11.3 Å². The molecule has 1 N–H and O–H groups in total. The average molecular weight is 381 g/mol. The molecule has 2 aromatic carbocycles. The highest BCUT2D eigenvalue weighted by atomic mass is 32.1. The Kier molecular flexibility index (Phi) is 4.98. The lowest BCUT2D eigenvalue weighted by Gasteiger charge is -2.37. The molecule has 0 radical (unpaired) electrons. The molecule has 1 fully saturated rings. The van der Waals surface area contributed by atoms with Crippen molar-refractivity contribution < 1.29 is 9.90 Å². The number of carboxylic acids is 1. The number of aliphatic carboxylic acids is 1. The molecule has 27 heavy (non-hydrogen) atoms. The SMILES string of the molecule is Cc1ccc(C)c(C(c2nc3ccccc3s2)N2CCCC(C(=O)O)C2)c1. The molecule has 140 valence electrons. The number of piperidine rings is 1. The molecule has 4 nitrogen and oxygen atoms in total. The largest absolute Gasteiger partial charge is 0.481 e. The van der Waals surface area contributed by atoms with Crippen LogP contribution in [-0.4, -0.2) is 34.0 Å². The van der Waals surface area contributed by atoms with Crippen LogP contribution in [0.3, 0.4) is 0 Å². The van der Waals surface area contributed by atoms with Crippen molar-refractivity contribution in [2.75, 3.05) is 13.1 Å². The van der Waals surface area contributed by atoms with Gasteiger partial charge >= 0.3 is 5.97 Å². The lowest BCUT2D eigenvalue weighted by molar-refractivity contribution is -0.143. The van der Waals surface area contributed by atoms with Gasteiger partial charge in [0.1, 0.15) is 5.01 Å². The van der Waals surface area contributed by atoms with Gasteiger partial charge in [-0.3, -0.25) is 9.69 Å². The minimum atomic E-state index is -0.691. The first-order valence-electron chi connectivity index (χ1n) is 9.42. The minimum Gasteiger partial charge on any atom is -0.481 e. The fraction of sp³-hybridized carbons (Fsp3) is 0.364. The number of thiazole rings is 1. The third kappa shape index (κ3) is 3.62. The average Bonchev–Trinajstić information content (AvgIpc) is 3.08. The normalized spacial score (nSPS) is 19.3. The number of benzene rings is 2. The van der Waals surface area contributed by atoms with E-state index in [9.17, 15) is 9.90 Å². The number of likely N-dealkylation sites (tertiary alicyclic amines) is 1. The summed E-state index contributed by atoms with van der Waals surface area (Å²) in [5.74, 6) is -0.996. The van der Waals surface area contributed by atoms with E-state index in [0.717, 1.165) is 29.9 Å². The summed E-state index contributed by atoms with van der Waals surface area (Å²) < 4.78 is 1.18. The van der Waals surface area contributed by atoms with Gasteiger partial charge in [-0.05, 0) is 56.5 Å². The predicted octanol–water partition coefficient (Wildman–Crippen LogP) is 4.80. The van der Waals surface area contributed by atoms with Gasteiger partial charge < -0.3 is 5.11 Å². The van der Waals surface area contributed by atoms with Crippen molar-refractivity contribution in [1.29, 1.82) is 0 Å². The second-order valence-corrected chi connectivity index (χ2v) is 8.52. The highest BCUT2D eigenvalue weighted by Gasteiger charge is 2.33. The number of rotatable bonds is 4. The molecule has 1 aromatic heterocycles. The van der Waals surface area contributed by atoms with Crippen LogP contribution in [0.25, 0.3) is 10.2 Å². The molecule has 0 aliphatic carbocycles. The Hall–Kier alpha value is -2.24. The van der Waals surface area contributed by atoms with E-state index in [0.29, 0.717) is 6.54 Å². The number of carboxylic acid groups (broad SMARTS) is 1. The first-order valence-corrected chi connectivity index (χ1v) is 10.2. The Balaban J connectivity index is 1.82. The number of carbonyl (C=O) groups is 1. The first-order chi connectivity index (χ1) is 13.0. The maximum Gasteiger partial charge on any atom is 0.307 e. The third-order valence-electron chi connectivity index (χ3n) is 5.44. The molecule has 0 spiro atoms. The second kappa shape index (κ2) is 7.41. The first kappa shape index (κ1) is 18.1. The fourth-order valence-electron chi connectivity index (χ4n) is 3.99. The van der Waals surface area contributed by atoms with Crippen molar-refractivity contribution in [2.24, 2.45) is 5.92 Å². The van der Waals surface area contributed by atoms with E-state index in [1.807, 2.05) is 18.2 Å². The van der Waals surface area contributed by atoms with Gasteiger partial charge in [-0.2, -0.15) is 0 Å². The van der Waals surface area contributed by atoms with Crippen LogP contribution < -0.4 is 0 Å². The van der Waals surface area contributed by atoms with Gasteiger partial charge in [0.2, 0.25) is 0 Å². The standard InChI is InChI=1S/C22H24N2O2S/c1-14-9-10-15(2)17(12-14)20(24-11-5-6-16(13-24)22(25)26)21-23-18-7-3-4-8-19(18)27-21/h3-4,7-10,12,16,20H,5-6,11,13H2,1-2H3,(H,25,26). The summed E-state index contributed by atoms with van der Waals surface area (Å²) in [5, 5.41) is 10.6. The van der Waals surface area contributed by atoms with Gasteiger partial charge in [-0.15, -0.1) is 11.3 Å². The quantitative estimate of drug-likeness (QED) is 0.706.